The van der Waals surface area contributed by atoms with Crippen LogP contribution in [-0.4, -0.2) is 19.9 Å². The van der Waals surface area contributed by atoms with Gasteiger partial charge in [-0.3, -0.25) is 4.98 Å². The highest BCUT2D eigenvalue weighted by Crippen LogP contribution is 2.43. The monoisotopic (exact) mass is 712 g/mol. The molecule has 0 saturated heterocycles. The highest BCUT2D eigenvalue weighted by atomic mass is 15.0. The average molecular weight is 713 g/mol. The van der Waals surface area contributed by atoms with E-state index < -0.39 is 0 Å². The first-order valence-electron chi connectivity index (χ1n) is 18.9. The van der Waals surface area contributed by atoms with Crippen molar-refractivity contribution in [2.24, 2.45) is 0 Å². The maximum Gasteiger partial charge on any atom is 0.182 e. The maximum absolute atomic E-state index is 5.24. The fourth-order valence-electron chi connectivity index (χ4n) is 8.24. The van der Waals surface area contributed by atoms with Crippen molar-refractivity contribution in [1.29, 1.82) is 0 Å². The van der Waals surface area contributed by atoms with E-state index in [9.17, 15) is 0 Å². The molecule has 0 fully saturated rings. The summed E-state index contributed by atoms with van der Waals surface area (Å²) in [5.41, 5.74) is 7.05. The van der Waals surface area contributed by atoms with Crippen molar-refractivity contribution < 1.29 is 0 Å². The van der Waals surface area contributed by atoms with Crippen LogP contribution in [-0.2, 0) is 0 Å². The van der Waals surface area contributed by atoms with E-state index in [0.29, 0.717) is 23.2 Å². The molecule has 4 heteroatoms. The van der Waals surface area contributed by atoms with Crippen LogP contribution in [0.25, 0.3) is 110 Å². The first kappa shape index (κ1) is 31.9. The second kappa shape index (κ2) is 13.1. The highest BCUT2D eigenvalue weighted by molar-refractivity contribution is 6.16. The fourth-order valence-corrected chi connectivity index (χ4v) is 8.24. The number of hydrogen-bond donors (Lipinski definition) is 0. The Labute approximate surface area is 323 Å². The molecule has 11 aromatic rings. The van der Waals surface area contributed by atoms with E-state index in [2.05, 4.69) is 146 Å². The molecular formula is C52H32N4. The van der Waals surface area contributed by atoms with Crippen LogP contribution in [0.3, 0.4) is 0 Å². The lowest BCUT2D eigenvalue weighted by Crippen LogP contribution is -2.01. The zero-order valence-corrected chi connectivity index (χ0v) is 30.3. The van der Waals surface area contributed by atoms with Gasteiger partial charge in [-0.2, -0.15) is 0 Å². The van der Waals surface area contributed by atoms with Crippen LogP contribution in [0.1, 0.15) is 0 Å². The molecule has 0 N–H and O–H groups in total. The third-order valence-corrected chi connectivity index (χ3v) is 10.8. The summed E-state index contributed by atoms with van der Waals surface area (Å²) in [6, 6.07) is 66.6. The molecule has 0 radical (unpaired) electrons. The van der Waals surface area contributed by atoms with Crippen molar-refractivity contribution in [3.63, 3.8) is 0 Å². The summed E-state index contributed by atoms with van der Waals surface area (Å²) in [6.45, 7) is 0. The van der Waals surface area contributed by atoms with Gasteiger partial charge in [0.15, 0.2) is 17.5 Å². The van der Waals surface area contributed by atoms with Crippen molar-refractivity contribution in [3.05, 3.63) is 194 Å². The van der Waals surface area contributed by atoms with Gasteiger partial charge in [-0.25, -0.2) is 15.0 Å². The Bertz CT molecular complexity index is 3070. The molecular weight excluding hydrogens is 681 g/mol. The molecule has 2 heterocycles. The van der Waals surface area contributed by atoms with Crippen molar-refractivity contribution >= 4 is 53.9 Å². The molecule has 0 aliphatic rings. The van der Waals surface area contributed by atoms with Crippen molar-refractivity contribution in [2.75, 3.05) is 0 Å². The summed E-state index contributed by atoms with van der Waals surface area (Å²) in [4.78, 5) is 20.4. The van der Waals surface area contributed by atoms with Gasteiger partial charge in [0.2, 0.25) is 0 Å². The average Bonchev–Trinajstić information content (AvgIpc) is 3.27. The van der Waals surface area contributed by atoms with E-state index in [1.807, 2.05) is 48.7 Å². The molecule has 11 rings (SSSR count). The molecule has 0 amide bonds. The zero-order chi connectivity index (χ0) is 37.0. The third-order valence-electron chi connectivity index (χ3n) is 10.8. The van der Waals surface area contributed by atoms with Crippen LogP contribution in [0.4, 0.5) is 0 Å². The highest BCUT2D eigenvalue weighted by Gasteiger charge is 2.19. The molecule has 0 spiro atoms. The van der Waals surface area contributed by atoms with Crippen LogP contribution >= 0.6 is 0 Å². The molecule has 2 aromatic heterocycles. The van der Waals surface area contributed by atoms with Gasteiger partial charge in [-0.15, -0.1) is 0 Å². The summed E-state index contributed by atoms with van der Waals surface area (Å²) in [6.07, 6.45) is 1.90. The van der Waals surface area contributed by atoms with Gasteiger partial charge < -0.3 is 0 Å². The fraction of sp³-hybridized carbons (Fsp3) is 0. The molecule has 0 bridgehead atoms. The Morgan fingerprint density at radius 2 is 0.661 bits per heavy atom. The van der Waals surface area contributed by atoms with Gasteiger partial charge in [0.25, 0.3) is 0 Å². The number of hydrogen-bond acceptors (Lipinski definition) is 4. The number of fused-ring (bicyclic) bond motifs is 5. The number of rotatable bonds is 5. The van der Waals surface area contributed by atoms with E-state index in [1.165, 1.54) is 54.2 Å². The molecule has 56 heavy (non-hydrogen) atoms. The quantitative estimate of drug-likeness (QED) is 0.167. The Kier molecular flexibility index (Phi) is 7.46. The smallest absolute Gasteiger partial charge is 0.182 e. The first-order chi connectivity index (χ1) is 27.7. The van der Waals surface area contributed by atoms with E-state index in [-0.39, 0.29) is 0 Å². The second-order valence-corrected chi connectivity index (χ2v) is 14.3. The lowest BCUT2D eigenvalue weighted by Gasteiger charge is -2.17. The molecule has 0 aliphatic heterocycles. The number of nitrogens with zero attached hydrogens (tertiary/aromatic N) is 4. The van der Waals surface area contributed by atoms with Crippen molar-refractivity contribution in [2.45, 2.75) is 0 Å². The van der Waals surface area contributed by atoms with Gasteiger partial charge in [0.1, 0.15) is 5.69 Å². The van der Waals surface area contributed by atoms with E-state index in [4.69, 9.17) is 19.9 Å². The minimum absolute atomic E-state index is 0.526. The van der Waals surface area contributed by atoms with Gasteiger partial charge in [0.05, 0.1) is 0 Å². The largest absolute Gasteiger partial charge is 0.252 e. The Morgan fingerprint density at radius 3 is 1.18 bits per heavy atom. The molecule has 9 aromatic carbocycles. The Balaban J connectivity index is 1.25. The van der Waals surface area contributed by atoms with Gasteiger partial charge in [-0.05, 0) is 107 Å². The predicted molar refractivity (Wildman–Crippen MR) is 232 cm³/mol. The summed E-state index contributed by atoms with van der Waals surface area (Å²) in [7, 11) is 0. The molecule has 0 unspecified atom stereocenters. The van der Waals surface area contributed by atoms with E-state index in [1.54, 1.807) is 0 Å². The lowest BCUT2D eigenvalue weighted by molar-refractivity contribution is 1.06. The van der Waals surface area contributed by atoms with Crippen LogP contribution in [0.2, 0.25) is 0 Å². The van der Waals surface area contributed by atoms with Crippen LogP contribution < -0.4 is 0 Å². The zero-order valence-electron chi connectivity index (χ0n) is 30.3. The molecule has 260 valence electrons. The normalized spacial score (nSPS) is 11.6. The van der Waals surface area contributed by atoms with Crippen molar-refractivity contribution in [1.82, 2.24) is 19.9 Å². The number of aromatic nitrogens is 4. The predicted octanol–water partition coefficient (Wildman–Crippen LogP) is 13.4. The van der Waals surface area contributed by atoms with E-state index >= 15 is 0 Å². The minimum Gasteiger partial charge on any atom is -0.252 e. The Hall–Kier alpha value is -7.56. The minimum atomic E-state index is 0.526. The van der Waals surface area contributed by atoms with Crippen LogP contribution in [0, 0.1) is 0 Å². The van der Waals surface area contributed by atoms with E-state index in [0.717, 1.165) is 33.0 Å². The maximum atomic E-state index is 5.24. The van der Waals surface area contributed by atoms with Gasteiger partial charge in [0, 0.05) is 22.7 Å². The lowest BCUT2D eigenvalue weighted by atomic mass is 9.87. The topological polar surface area (TPSA) is 51.6 Å². The number of benzene rings is 9. The Morgan fingerprint density at radius 1 is 0.268 bits per heavy atom. The number of pyridine rings is 1. The second-order valence-electron chi connectivity index (χ2n) is 14.3. The molecule has 4 nitrogen and oxygen atoms in total. The summed E-state index contributed by atoms with van der Waals surface area (Å²) in [5, 5.41) is 11.7. The summed E-state index contributed by atoms with van der Waals surface area (Å²) < 4.78 is 0. The summed E-state index contributed by atoms with van der Waals surface area (Å²) >= 11 is 0. The first-order valence-corrected chi connectivity index (χ1v) is 18.9. The SMILES string of the molecule is c1ccc(-c2nc(-c3cc(-c4c5ccccc5cc5ccccc45)cc(-c4c5ccccc5cc5ccccc45)c3)nc(-c3cc4ccccc4cn3)n2)cc1. The van der Waals surface area contributed by atoms with Crippen molar-refractivity contribution in [3.8, 4) is 56.5 Å². The van der Waals surface area contributed by atoms with Gasteiger partial charge in [-0.1, -0.05) is 152 Å². The molecule has 0 atom stereocenters. The standard InChI is InChI=1S/C52H32N4/c1-2-14-33(15-3-1)50-54-51(56-52(55-50)47-31-34-16-4-5-21-39(34)32-53-47)42-29-40(48-43-22-10-6-17-35(43)26-36-18-7-11-23-44(36)48)28-41(30-42)49-45-24-12-8-19-37(45)27-38-20-9-13-25-46(38)49/h1-32H. The molecule has 0 saturated carbocycles. The molecule has 0 aliphatic carbocycles. The van der Waals surface area contributed by atoms with Gasteiger partial charge >= 0.3 is 0 Å². The van der Waals surface area contributed by atoms with Crippen LogP contribution in [0.15, 0.2) is 194 Å². The summed E-state index contributed by atoms with van der Waals surface area (Å²) in [5.74, 6) is 1.71. The third kappa shape index (κ3) is 5.47. The van der Waals surface area contributed by atoms with Crippen LogP contribution in [0.5, 0.6) is 0 Å².